The van der Waals surface area contributed by atoms with E-state index in [1.165, 1.54) is 85.8 Å². The summed E-state index contributed by atoms with van der Waals surface area (Å²) in [4.78, 5) is 23.5. The van der Waals surface area contributed by atoms with E-state index in [9.17, 15) is 14.7 Å². The van der Waals surface area contributed by atoms with Crippen molar-refractivity contribution in [1.82, 2.24) is 0 Å². The zero-order chi connectivity index (χ0) is 37.2. The lowest BCUT2D eigenvalue weighted by molar-refractivity contribution is 0.0478. The van der Waals surface area contributed by atoms with Gasteiger partial charge in [-0.25, -0.2) is 9.59 Å². The topological polar surface area (TPSA) is 95.1 Å². The second-order valence-electron chi connectivity index (χ2n) is 13.2. The summed E-state index contributed by atoms with van der Waals surface area (Å²) >= 11 is 0. The average Bonchev–Trinajstić information content (AvgIpc) is 3.21. The van der Waals surface area contributed by atoms with Crippen molar-refractivity contribution in [3.63, 3.8) is 0 Å². The van der Waals surface area contributed by atoms with Gasteiger partial charge in [-0.3, -0.25) is 0 Å². The smallest absolute Gasteiger partial charge is 0.339 e. The molecule has 5 aromatic carbocycles. The third-order valence-corrected chi connectivity index (χ3v) is 9.27. The van der Waals surface area contributed by atoms with Crippen LogP contribution in [-0.2, 0) is 4.74 Å². The summed E-state index contributed by atoms with van der Waals surface area (Å²) in [6.07, 6.45) is 11.9. The van der Waals surface area contributed by atoms with Crippen molar-refractivity contribution >= 4 is 11.9 Å². The van der Waals surface area contributed by atoms with E-state index in [1.54, 1.807) is 12.1 Å². The van der Waals surface area contributed by atoms with Crippen LogP contribution in [0.4, 0.5) is 0 Å². The molecule has 0 bridgehead atoms. The van der Waals surface area contributed by atoms with Crippen molar-refractivity contribution in [2.75, 3.05) is 6.61 Å². The van der Waals surface area contributed by atoms with Gasteiger partial charge in [-0.15, -0.1) is 0 Å². The van der Waals surface area contributed by atoms with Crippen LogP contribution in [0.1, 0.15) is 106 Å². The molecule has 5 heteroatoms. The first-order valence-electron chi connectivity index (χ1n) is 19.2. The van der Waals surface area contributed by atoms with Crippen LogP contribution in [0, 0.1) is 11.8 Å². The fourth-order valence-electron chi connectivity index (χ4n) is 6.49. The first-order chi connectivity index (χ1) is 25.5. The predicted molar refractivity (Wildman–Crippen MR) is 221 cm³/mol. The van der Waals surface area contributed by atoms with Gasteiger partial charge in [0.2, 0.25) is 0 Å². The quantitative estimate of drug-likeness (QED) is 0.0765. The molecule has 3 N–H and O–H groups in total. The molecule has 0 aliphatic rings. The molecule has 0 aliphatic heterocycles. The molecule has 0 aliphatic carbocycles. The molecule has 2 unspecified atom stereocenters. The molecule has 5 nitrogen and oxygen atoms in total. The number of unbranched alkanes of at least 4 members (excludes halogenated alkanes) is 2. The molecule has 0 saturated heterocycles. The van der Waals surface area contributed by atoms with Gasteiger partial charge < -0.3 is 15.3 Å². The van der Waals surface area contributed by atoms with E-state index in [0.29, 0.717) is 12.5 Å². The number of esters is 1. The fourth-order valence-corrected chi connectivity index (χ4v) is 6.49. The average molecular weight is 717 g/mol. The van der Waals surface area contributed by atoms with E-state index in [0.717, 1.165) is 18.8 Å². The van der Waals surface area contributed by atoms with Crippen molar-refractivity contribution in [3.05, 3.63) is 157 Å². The summed E-state index contributed by atoms with van der Waals surface area (Å²) in [6, 6.07) is 47.8. The molecule has 0 amide bonds. The van der Waals surface area contributed by atoms with Gasteiger partial charge in [0.1, 0.15) is 0 Å². The van der Waals surface area contributed by atoms with Crippen LogP contribution >= 0.6 is 0 Å². The Labute approximate surface area is 318 Å². The third-order valence-electron chi connectivity index (χ3n) is 9.27. The lowest BCUT2D eigenvalue weighted by Crippen LogP contribution is -2.17. The van der Waals surface area contributed by atoms with Gasteiger partial charge in [-0.1, -0.05) is 206 Å². The largest absolute Gasteiger partial charge is 0.478 e. The molecule has 0 aromatic heterocycles. The Morgan fingerprint density at radius 2 is 0.811 bits per heavy atom. The van der Waals surface area contributed by atoms with Crippen LogP contribution in [0.15, 0.2) is 146 Å². The van der Waals surface area contributed by atoms with Gasteiger partial charge in [0.25, 0.3) is 0 Å². The highest BCUT2D eigenvalue weighted by Gasteiger charge is 2.21. The lowest BCUT2D eigenvalue weighted by Gasteiger charge is -2.27. The van der Waals surface area contributed by atoms with E-state index in [-0.39, 0.29) is 16.6 Å². The Kier molecular flexibility index (Phi) is 22.3. The highest BCUT2D eigenvalue weighted by molar-refractivity contribution is 6.02. The van der Waals surface area contributed by atoms with Crippen molar-refractivity contribution in [1.29, 1.82) is 0 Å². The first-order valence-corrected chi connectivity index (χ1v) is 19.2. The number of hydrogen-bond acceptors (Lipinski definition) is 3. The Bertz CT molecular complexity index is 1510. The van der Waals surface area contributed by atoms with Crippen molar-refractivity contribution in [2.45, 2.75) is 85.0 Å². The number of hydrogen-bond donors (Lipinski definition) is 1. The predicted octanol–water partition coefficient (Wildman–Crippen LogP) is 12.6. The Hall–Kier alpha value is -5.00. The number of benzene rings is 5. The fraction of sp³-hybridized carbons (Fsp3) is 0.333. The van der Waals surface area contributed by atoms with E-state index in [4.69, 9.17) is 4.74 Å². The number of carboxylic acids is 1. The molecule has 2 atom stereocenters. The Morgan fingerprint density at radius 3 is 1.17 bits per heavy atom. The number of carbonyl (C=O) groups is 2. The summed E-state index contributed by atoms with van der Waals surface area (Å²) in [6.45, 7) is 7.09. The van der Waals surface area contributed by atoms with Crippen LogP contribution in [-0.4, -0.2) is 29.1 Å². The molecule has 0 radical (unpaired) electrons. The van der Waals surface area contributed by atoms with E-state index in [1.807, 2.05) is 24.3 Å². The van der Waals surface area contributed by atoms with Crippen LogP contribution in [0.5, 0.6) is 0 Å². The second-order valence-corrected chi connectivity index (χ2v) is 13.2. The highest BCUT2D eigenvalue weighted by Crippen LogP contribution is 2.31. The summed E-state index contributed by atoms with van der Waals surface area (Å²) < 4.78 is 5.39. The SMILES string of the molecule is CCCCC(CCC)C(CCCC)CCCOC(=O)c1ccccc1C(=O)O.O.c1ccc(-c2ccccc2)cc1.c1ccc(-c2ccccc2)cc1. The first kappa shape index (κ1) is 44.2. The minimum atomic E-state index is -1.11. The molecule has 0 saturated carbocycles. The van der Waals surface area contributed by atoms with E-state index in [2.05, 4.69) is 118 Å². The number of carboxylic acid groups (broad SMARTS) is 1. The maximum absolute atomic E-state index is 12.3. The van der Waals surface area contributed by atoms with Crippen LogP contribution in [0.3, 0.4) is 0 Å². The van der Waals surface area contributed by atoms with E-state index >= 15 is 0 Å². The van der Waals surface area contributed by atoms with Gasteiger partial charge >= 0.3 is 11.9 Å². The molecule has 53 heavy (non-hydrogen) atoms. The normalized spacial score (nSPS) is 11.3. The second kappa shape index (κ2) is 26.7. The zero-order valence-electron chi connectivity index (χ0n) is 32.0. The Morgan fingerprint density at radius 1 is 0.472 bits per heavy atom. The standard InChI is InChI=1S/C24H38O4.2C12H10.H2O/c1-4-7-13-19(12-6-3)20(14-8-5-2)15-11-18-28-24(27)22-17-10-9-16-21(22)23(25)26;2*1-3-7-11(8-4-1)12-9-5-2-6-10-12;/h9-10,16-17,19-20H,4-8,11-15,18H2,1-3H3,(H,25,26);2*1-10H;1H2. The molecule has 282 valence electrons. The molecule has 0 fully saturated rings. The van der Waals surface area contributed by atoms with Crippen LogP contribution < -0.4 is 0 Å². The molecule has 0 spiro atoms. The number of ether oxygens (including phenoxy) is 1. The zero-order valence-corrected chi connectivity index (χ0v) is 32.0. The minimum Gasteiger partial charge on any atom is -0.478 e. The minimum absolute atomic E-state index is 0. The van der Waals surface area contributed by atoms with Gasteiger partial charge in [0.15, 0.2) is 0 Å². The van der Waals surface area contributed by atoms with Gasteiger partial charge in [-0.05, 0) is 59.1 Å². The maximum Gasteiger partial charge on any atom is 0.339 e. The number of aromatic carboxylic acids is 1. The molecular weight excluding hydrogens is 657 g/mol. The molecular formula is C48H60O5. The van der Waals surface area contributed by atoms with E-state index < -0.39 is 11.9 Å². The third kappa shape index (κ3) is 16.5. The van der Waals surface area contributed by atoms with Crippen molar-refractivity contribution in [2.24, 2.45) is 11.8 Å². The molecule has 0 heterocycles. The van der Waals surface area contributed by atoms with Gasteiger partial charge in [0, 0.05) is 0 Å². The van der Waals surface area contributed by atoms with Crippen molar-refractivity contribution in [3.8, 4) is 22.3 Å². The molecule has 5 rings (SSSR count). The number of carbonyl (C=O) groups excluding carboxylic acids is 1. The number of rotatable bonds is 17. The summed E-state index contributed by atoms with van der Waals surface area (Å²) in [5.74, 6) is -0.193. The molecule has 5 aromatic rings. The van der Waals surface area contributed by atoms with Crippen LogP contribution in [0.25, 0.3) is 22.3 Å². The maximum atomic E-state index is 12.3. The van der Waals surface area contributed by atoms with Gasteiger partial charge in [0.05, 0.1) is 17.7 Å². The summed E-state index contributed by atoms with van der Waals surface area (Å²) in [7, 11) is 0. The highest BCUT2D eigenvalue weighted by atomic mass is 16.5. The van der Waals surface area contributed by atoms with Crippen LogP contribution in [0.2, 0.25) is 0 Å². The lowest BCUT2D eigenvalue weighted by atomic mass is 9.79. The monoisotopic (exact) mass is 716 g/mol. The Balaban J connectivity index is 0.000000316. The summed E-state index contributed by atoms with van der Waals surface area (Å²) in [5, 5.41) is 9.22. The van der Waals surface area contributed by atoms with Gasteiger partial charge in [-0.2, -0.15) is 0 Å². The summed E-state index contributed by atoms with van der Waals surface area (Å²) in [5.41, 5.74) is 5.23. The van der Waals surface area contributed by atoms with Crippen molar-refractivity contribution < 1.29 is 24.9 Å².